The molecule has 0 fully saturated rings. The van der Waals surface area contributed by atoms with Crippen LogP contribution < -0.4 is 0 Å². The van der Waals surface area contributed by atoms with Gasteiger partial charge in [0.05, 0.1) is 19.6 Å². The van der Waals surface area contributed by atoms with Gasteiger partial charge in [-0.15, -0.1) is 0 Å². The van der Waals surface area contributed by atoms with Crippen LogP contribution >= 0.6 is 0 Å². The minimum absolute atomic E-state index is 0. The second-order valence-corrected chi connectivity index (χ2v) is 12.5. The van der Waals surface area contributed by atoms with E-state index in [1.54, 1.807) is 0 Å². The van der Waals surface area contributed by atoms with Gasteiger partial charge in [-0.3, -0.25) is 0 Å². The zero-order valence-electron chi connectivity index (χ0n) is 18.9. The van der Waals surface area contributed by atoms with Crippen molar-refractivity contribution >= 4 is 14.9 Å². The first-order valence-electron chi connectivity index (χ1n) is 10.2. The maximum atomic E-state index is 14.0. The number of rotatable bonds is 5. The number of hydrogen-bond donors (Lipinski definition) is 0. The molecule has 3 rings (SSSR count). The third kappa shape index (κ3) is 4.64. The molecular formula is C25H34NOSiTi+. The average molecular weight is 441 g/mol. The Bertz CT molecular complexity index is 910. The van der Waals surface area contributed by atoms with Crippen molar-refractivity contribution in [3.05, 3.63) is 76.9 Å². The van der Waals surface area contributed by atoms with Crippen LogP contribution in [-0.2, 0) is 31.6 Å². The van der Waals surface area contributed by atoms with Crippen molar-refractivity contribution in [3.8, 4) is 0 Å². The zero-order valence-corrected chi connectivity index (χ0v) is 21.5. The van der Waals surface area contributed by atoms with Crippen LogP contribution in [0, 0.1) is 0 Å². The average Bonchev–Trinajstić information content (AvgIpc) is 2.97. The van der Waals surface area contributed by atoms with Crippen molar-refractivity contribution in [2.24, 2.45) is 0 Å². The van der Waals surface area contributed by atoms with Crippen LogP contribution in [0.2, 0.25) is 0 Å². The summed E-state index contributed by atoms with van der Waals surface area (Å²) in [6.45, 7) is 11.2. The summed E-state index contributed by atoms with van der Waals surface area (Å²) in [7, 11) is 2.26. The summed E-state index contributed by atoms with van der Waals surface area (Å²) in [5.41, 5.74) is 5.05. The number of hydrogen-bond acceptors (Lipinski definition) is 1. The van der Waals surface area contributed by atoms with E-state index in [4.69, 9.17) is 0 Å². The normalized spacial score (nSPS) is 16.7. The molecule has 2 aromatic rings. The number of quaternary nitrogens is 1. The predicted octanol–water partition coefficient (Wildman–Crippen LogP) is 5.87. The van der Waals surface area contributed by atoms with E-state index in [-0.39, 0.29) is 38.2 Å². The van der Waals surface area contributed by atoms with Gasteiger partial charge in [-0.1, -0.05) is 80.1 Å². The molecule has 2 aromatic carbocycles. The summed E-state index contributed by atoms with van der Waals surface area (Å²) in [5, 5.41) is 0. The standard InChI is InChI=1S/C25H34NOSi.Ti/c1-24(2,3)26(6,7)28(27)23-20(17-19-13-11-12-16-22(19)23)18-25(4,5)21-14-9-8-10-15-21;/h8-17,23H,18H2,1-7H3;/q+1;. The first-order chi connectivity index (χ1) is 12.9. The van der Waals surface area contributed by atoms with Crippen molar-refractivity contribution in [2.45, 2.75) is 57.5 Å². The minimum atomic E-state index is -1.99. The molecule has 1 aliphatic rings. The van der Waals surface area contributed by atoms with Crippen molar-refractivity contribution in [1.29, 1.82) is 0 Å². The fraction of sp³-hybridized carbons (Fsp3) is 0.440. The van der Waals surface area contributed by atoms with Gasteiger partial charge in [0, 0.05) is 21.7 Å². The van der Waals surface area contributed by atoms with Gasteiger partial charge < -0.3 is 8.61 Å². The molecule has 1 unspecified atom stereocenters. The molecule has 2 nitrogen and oxygen atoms in total. The molecule has 0 saturated carbocycles. The molecule has 1 atom stereocenters. The molecule has 0 amide bonds. The van der Waals surface area contributed by atoms with Gasteiger partial charge in [0.1, 0.15) is 5.54 Å². The van der Waals surface area contributed by atoms with E-state index in [1.165, 1.54) is 22.3 Å². The molecule has 0 aliphatic heterocycles. The van der Waals surface area contributed by atoms with Gasteiger partial charge in [0.25, 0.3) is 0 Å². The molecule has 0 aromatic heterocycles. The van der Waals surface area contributed by atoms with Gasteiger partial charge in [0.15, 0.2) is 0 Å². The summed E-state index contributed by atoms with van der Waals surface area (Å²) in [4.78, 5) is 0. The SMILES string of the molecule is CC(C)(CC1=Cc2ccccc2C1[Si](=O)[N+](C)(C)C(C)(C)C)c1ccccc1.[Ti]. The van der Waals surface area contributed by atoms with Crippen molar-refractivity contribution in [2.75, 3.05) is 14.1 Å². The van der Waals surface area contributed by atoms with Crippen molar-refractivity contribution in [1.82, 2.24) is 0 Å². The summed E-state index contributed by atoms with van der Waals surface area (Å²) in [6, 6.07) is 19.2. The fourth-order valence-electron chi connectivity index (χ4n) is 3.99. The van der Waals surface area contributed by atoms with E-state index >= 15 is 0 Å². The van der Waals surface area contributed by atoms with E-state index in [0.29, 0.717) is 4.15 Å². The largest absolute Gasteiger partial charge is 0.565 e. The minimum Gasteiger partial charge on any atom is -0.328 e. The molecular weight excluding hydrogens is 406 g/mol. The summed E-state index contributed by atoms with van der Waals surface area (Å²) >= 11 is 0. The molecule has 0 radical (unpaired) electrons. The Hall–Kier alpha value is -1.13. The van der Waals surface area contributed by atoms with Crippen LogP contribution in [0.3, 0.4) is 0 Å². The van der Waals surface area contributed by atoms with E-state index < -0.39 is 8.84 Å². The first-order valence-corrected chi connectivity index (χ1v) is 11.6. The molecule has 0 heterocycles. The number of nitrogens with zero attached hydrogens (tertiary/aromatic N) is 1. The van der Waals surface area contributed by atoms with Crippen LogP contribution in [0.1, 0.15) is 63.3 Å². The molecule has 4 heteroatoms. The van der Waals surface area contributed by atoms with Crippen LogP contribution in [0.4, 0.5) is 0 Å². The Morgan fingerprint density at radius 2 is 1.45 bits per heavy atom. The maximum Gasteiger partial charge on any atom is 0.565 e. The van der Waals surface area contributed by atoms with Crippen molar-refractivity contribution in [3.63, 3.8) is 0 Å². The number of fused-ring (bicyclic) bond motifs is 1. The molecule has 1 aliphatic carbocycles. The van der Waals surface area contributed by atoms with E-state index in [9.17, 15) is 4.46 Å². The van der Waals surface area contributed by atoms with Gasteiger partial charge in [-0.05, 0) is 49.3 Å². The van der Waals surface area contributed by atoms with Gasteiger partial charge in [0.2, 0.25) is 0 Å². The summed E-state index contributed by atoms with van der Waals surface area (Å²) < 4.78 is 14.6. The quantitative estimate of drug-likeness (QED) is 0.532. The second-order valence-electron chi connectivity index (χ2n) is 10.2. The second kappa shape index (κ2) is 8.55. The van der Waals surface area contributed by atoms with Crippen LogP contribution in [0.5, 0.6) is 0 Å². The van der Waals surface area contributed by atoms with E-state index in [2.05, 4.69) is 109 Å². The Morgan fingerprint density at radius 1 is 0.897 bits per heavy atom. The predicted molar refractivity (Wildman–Crippen MR) is 120 cm³/mol. The molecule has 0 spiro atoms. The molecule has 0 N–H and O–H groups in total. The Balaban J connectivity index is 0.00000300. The van der Waals surface area contributed by atoms with Gasteiger partial charge >= 0.3 is 8.84 Å². The molecule has 29 heavy (non-hydrogen) atoms. The summed E-state index contributed by atoms with van der Waals surface area (Å²) in [5.74, 6) is 0. The smallest absolute Gasteiger partial charge is 0.328 e. The third-order valence-corrected chi connectivity index (χ3v) is 9.64. The molecule has 152 valence electrons. The Morgan fingerprint density at radius 3 is 2.03 bits per heavy atom. The van der Waals surface area contributed by atoms with Crippen LogP contribution in [0.25, 0.3) is 6.08 Å². The third-order valence-electron chi connectivity index (χ3n) is 6.70. The fourth-order valence-corrected chi connectivity index (χ4v) is 6.33. The van der Waals surface area contributed by atoms with Crippen LogP contribution in [-0.4, -0.2) is 32.6 Å². The molecule has 0 saturated heterocycles. The number of benzene rings is 2. The van der Waals surface area contributed by atoms with Gasteiger partial charge in [-0.2, -0.15) is 0 Å². The monoisotopic (exact) mass is 440 g/mol. The first kappa shape index (κ1) is 24.1. The van der Waals surface area contributed by atoms with Gasteiger partial charge in [-0.25, -0.2) is 0 Å². The Labute approximate surface area is 193 Å². The van der Waals surface area contributed by atoms with Crippen molar-refractivity contribution < 1.29 is 30.3 Å². The number of allylic oxidation sites excluding steroid dienone is 1. The topological polar surface area (TPSA) is 17.1 Å². The summed E-state index contributed by atoms with van der Waals surface area (Å²) in [6.07, 6.45) is 3.22. The zero-order chi connectivity index (χ0) is 20.7. The van der Waals surface area contributed by atoms with E-state index in [0.717, 1.165) is 6.42 Å². The maximum absolute atomic E-state index is 14.0. The van der Waals surface area contributed by atoms with Crippen LogP contribution in [0.15, 0.2) is 60.2 Å². The Kier molecular flexibility index (Phi) is 7.12. The molecule has 0 bridgehead atoms. The van der Waals surface area contributed by atoms with E-state index in [1.807, 2.05) is 0 Å².